The minimum atomic E-state index is -0.520. The van der Waals surface area contributed by atoms with E-state index in [0.717, 1.165) is 15.4 Å². The molecule has 126 valence electrons. The number of hydrogen-bond acceptors (Lipinski definition) is 6. The summed E-state index contributed by atoms with van der Waals surface area (Å²) in [4.78, 5) is 19.1. The van der Waals surface area contributed by atoms with Crippen LogP contribution in [0.15, 0.2) is 6.33 Å². The number of hydrogen-bond donors (Lipinski definition) is 0. The van der Waals surface area contributed by atoms with Crippen molar-refractivity contribution in [1.29, 1.82) is 5.26 Å². The zero-order valence-corrected chi connectivity index (χ0v) is 15.0. The Morgan fingerprint density at radius 1 is 1.46 bits per heavy atom. The van der Waals surface area contributed by atoms with Crippen molar-refractivity contribution in [3.63, 3.8) is 0 Å². The topological polar surface area (TPSA) is 84.0 Å². The zero-order valence-electron chi connectivity index (χ0n) is 14.2. The Hall–Kier alpha value is -2.40. The Labute approximate surface area is 144 Å². The molecule has 0 aliphatic carbocycles. The third-order valence-corrected chi connectivity index (χ3v) is 4.82. The molecule has 0 saturated carbocycles. The van der Waals surface area contributed by atoms with Gasteiger partial charge in [0.15, 0.2) is 0 Å². The molecule has 3 heterocycles. The number of fused-ring (bicyclic) bond motifs is 1. The molecule has 7 nitrogen and oxygen atoms in total. The summed E-state index contributed by atoms with van der Waals surface area (Å²) in [6, 6.07) is 2.28. The molecule has 0 bridgehead atoms. The van der Waals surface area contributed by atoms with E-state index in [-0.39, 0.29) is 6.09 Å². The van der Waals surface area contributed by atoms with E-state index in [1.807, 2.05) is 20.8 Å². The fraction of sp³-hybridized carbons (Fsp3) is 0.500. The van der Waals surface area contributed by atoms with E-state index in [1.54, 1.807) is 22.8 Å². The first-order chi connectivity index (χ1) is 11.3. The third kappa shape index (κ3) is 3.12. The third-order valence-electron chi connectivity index (χ3n) is 3.62. The summed E-state index contributed by atoms with van der Waals surface area (Å²) in [5, 5.41) is 14.6. The predicted octanol–water partition coefficient (Wildman–Crippen LogP) is 2.80. The molecular weight excluding hydrogens is 326 g/mol. The van der Waals surface area contributed by atoms with Crippen molar-refractivity contribution >= 4 is 17.4 Å². The van der Waals surface area contributed by atoms with Crippen LogP contribution in [0.5, 0.6) is 0 Å². The van der Waals surface area contributed by atoms with Gasteiger partial charge in [-0.3, -0.25) is 0 Å². The van der Waals surface area contributed by atoms with Crippen molar-refractivity contribution in [2.24, 2.45) is 0 Å². The van der Waals surface area contributed by atoms with E-state index in [2.05, 4.69) is 16.2 Å². The molecule has 1 amide bonds. The fourth-order valence-electron chi connectivity index (χ4n) is 2.59. The second-order valence-electron chi connectivity index (χ2n) is 6.68. The second-order valence-corrected chi connectivity index (χ2v) is 7.77. The molecule has 0 saturated heterocycles. The van der Waals surface area contributed by atoms with Gasteiger partial charge in [-0.05, 0) is 39.7 Å². The first kappa shape index (κ1) is 16.5. The molecule has 8 heteroatoms. The Morgan fingerprint density at radius 2 is 2.21 bits per heavy atom. The highest BCUT2D eigenvalue weighted by Crippen LogP contribution is 2.35. The fourth-order valence-corrected chi connectivity index (χ4v) is 3.83. The van der Waals surface area contributed by atoms with Crippen LogP contribution in [0.1, 0.15) is 42.6 Å². The van der Waals surface area contributed by atoms with Gasteiger partial charge in [-0.1, -0.05) is 0 Å². The van der Waals surface area contributed by atoms with Gasteiger partial charge in [0.2, 0.25) is 0 Å². The highest BCUT2D eigenvalue weighted by atomic mass is 32.1. The van der Waals surface area contributed by atoms with E-state index >= 15 is 0 Å². The van der Waals surface area contributed by atoms with E-state index in [9.17, 15) is 10.1 Å². The highest BCUT2D eigenvalue weighted by molar-refractivity contribution is 7.15. The van der Waals surface area contributed by atoms with Gasteiger partial charge in [0.05, 0.1) is 12.1 Å². The number of carbonyl (C=O) groups excluding carboxylic acids is 1. The number of carbonyl (C=O) groups is 1. The van der Waals surface area contributed by atoms with Crippen LogP contribution in [0.25, 0.3) is 5.00 Å². The molecule has 2 aromatic rings. The molecule has 0 fully saturated rings. The maximum Gasteiger partial charge on any atom is 0.410 e. The molecule has 0 spiro atoms. The lowest BCUT2D eigenvalue weighted by Gasteiger charge is -2.29. The summed E-state index contributed by atoms with van der Waals surface area (Å²) < 4.78 is 7.08. The van der Waals surface area contributed by atoms with Crippen LogP contribution in [0.2, 0.25) is 0 Å². The van der Waals surface area contributed by atoms with Crippen LogP contribution in [-0.4, -0.2) is 37.9 Å². The summed E-state index contributed by atoms with van der Waals surface area (Å²) >= 11 is 1.48. The van der Waals surface area contributed by atoms with Gasteiger partial charge in [-0.15, -0.1) is 11.3 Å². The largest absolute Gasteiger partial charge is 0.444 e. The van der Waals surface area contributed by atoms with Gasteiger partial charge in [0.25, 0.3) is 0 Å². The number of nitrogens with zero attached hydrogens (tertiary/aromatic N) is 5. The van der Waals surface area contributed by atoms with E-state index in [0.29, 0.717) is 30.9 Å². The van der Waals surface area contributed by atoms with Crippen LogP contribution in [-0.2, 0) is 17.7 Å². The normalized spacial score (nSPS) is 14.2. The summed E-state index contributed by atoms with van der Waals surface area (Å²) in [5.41, 5.74) is 1.11. The minimum absolute atomic E-state index is 0.321. The molecule has 1 aliphatic heterocycles. The molecule has 24 heavy (non-hydrogen) atoms. The molecule has 3 rings (SSSR count). The van der Waals surface area contributed by atoms with Gasteiger partial charge in [0, 0.05) is 11.4 Å². The average Bonchev–Trinajstić information content (AvgIpc) is 3.07. The van der Waals surface area contributed by atoms with Gasteiger partial charge in [0.1, 0.15) is 28.8 Å². The monoisotopic (exact) mass is 345 g/mol. The Morgan fingerprint density at radius 3 is 2.79 bits per heavy atom. The number of rotatable bonds is 1. The number of aryl methyl sites for hydroxylation is 1. The van der Waals surface area contributed by atoms with Crippen molar-refractivity contribution in [2.75, 3.05) is 6.54 Å². The van der Waals surface area contributed by atoms with Crippen LogP contribution in [0, 0.1) is 18.3 Å². The predicted molar refractivity (Wildman–Crippen MR) is 89.0 cm³/mol. The summed E-state index contributed by atoms with van der Waals surface area (Å²) in [6.07, 6.45) is 1.93. The van der Waals surface area contributed by atoms with E-state index in [4.69, 9.17) is 4.74 Å². The van der Waals surface area contributed by atoms with Crippen LogP contribution in [0.4, 0.5) is 4.79 Å². The Balaban J connectivity index is 1.89. The number of nitriles is 1. The number of ether oxygens (including phenoxy) is 1. The lowest BCUT2D eigenvalue weighted by Crippen LogP contribution is -2.39. The molecule has 2 aromatic heterocycles. The van der Waals surface area contributed by atoms with Crippen LogP contribution >= 0.6 is 11.3 Å². The number of amides is 1. The summed E-state index contributed by atoms with van der Waals surface area (Å²) in [6.45, 7) is 8.36. The van der Waals surface area contributed by atoms with Crippen LogP contribution < -0.4 is 0 Å². The van der Waals surface area contributed by atoms with Gasteiger partial charge in [-0.2, -0.15) is 10.4 Å². The van der Waals surface area contributed by atoms with Crippen molar-refractivity contribution in [3.05, 3.63) is 28.2 Å². The highest BCUT2D eigenvalue weighted by Gasteiger charge is 2.30. The maximum atomic E-state index is 12.3. The summed E-state index contributed by atoms with van der Waals surface area (Å²) in [5.74, 6) is 0.653. The van der Waals surface area contributed by atoms with Crippen molar-refractivity contribution in [2.45, 2.75) is 46.3 Å². The number of thiophene rings is 1. The first-order valence-electron chi connectivity index (χ1n) is 7.69. The van der Waals surface area contributed by atoms with E-state index in [1.165, 1.54) is 11.3 Å². The SMILES string of the molecule is Cc1ncn(-c2sc3c(c2C#N)CCN(C(=O)OC(C)(C)C)C3)n1. The smallest absolute Gasteiger partial charge is 0.410 e. The molecule has 0 aromatic carbocycles. The van der Waals surface area contributed by atoms with Gasteiger partial charge in [-0.25, -0.2) is 14.5 Å². The van der Waals surface area contributed by atoms with Gasteiger partial charge >= 0.3 is 6.09 Å². The van der Waals surface area contributed by atoms with Crippen molar-refractivity contribution in [1.82, 2.24) is 19.7 Å². The molecule has 0 atom stereocenters. The van der Waals surface area contributed by atoms with Crippen molar-refractivity contribution < 1.29 is 9.53 Å². The van der Waals surface area contributed by atoms with Gasteiger partial charge < -0.3 is 9.64 Å². The zero-order chi connectivity index (χ0) is 17.5. The number of aromatic nitrogens is 3. The quantitative estimate of drug-likeness (QED) is 0.793. The first-order valence-corrected chi connectivity index (χ1v) is 8.51. The van der Waals surface area contributed by atoms with Crippen LogP contribution in [0.3, 0.4) is 0 Å². The maximum absolute atomic E-state index is 12.3. The standard InChI is InChI=1S/C16H19N5O2S/c1-10-18-9-21(19-10)14-12(7-17)11-5-6-20(8-13(11)24-14)15(22)23-16(2,3)4/h9H,5-6,8H2,1-4H3. The lowest BCUT2D eigenvalue weighted by atomic mass is 10.0. The Bertz CT molecular complexity index is 825. The molecule has 0 N–H and O–H groups in total. The second kappa shape index (κ2) is 5.91. The molecular formula is C16H19N5O2S. The lowest BCUT2D eigenvalue weighted by molar-refractivity contribution is 0.0226. The molecule has 0 radical (unpaired) electrons. The summed E-state index contributed by atoms with van der Waals surface area (Å²) in [7, 11) is 0. The molecule has 1 aliphatic rings. The van der Waals surface area contributed by atoms with E-state index < -0.39 is 5.60 Å². The minimum Gasteiger partial charge on any atom is -0.444 e. The molecule has 0 unspecified atom stereocenters. The van der Waals surface area contributed by atoms with Crippen molar-refractivity contribution in [3.8, 4) is 11.1 Å². The Kier molecular flexibility index (Phi) is 4.05. The average molecular weight is 345 g/mol.